The van der Waals surface area contributed by atoms with Gasteiger partial charge in [-0.1, -0.05) is 48.9 Å². The smallest absolute Gasteiger partial charge is 0.0558 e. The molecule has 0 atom stereocenters. The van der Waals surface area contributed by atoms with Crippen molar-refractivity contribution in [3.8, 4) is 0 Å². The zero-order valence-electron chi connectivity index (χ0n) is 10.5. The normalized spacial score (nSPS) is 10.8. The van der Waals surface area contributed by atoms with Crippen molar-refractivity contribution >= 4 is 11.6 Å². The Morgan fingerprint density at radius 2 is 1.89 bits per heavy atom. The van der Waals surface area contributed by atoms with Crippen molar-refractivity contribution in [1.82, 2.24) is 9.88 Å². The van der Waals surface area contributed by atoms with Crippen LogP contribution in [-0.2, 0) is 13.1 Å². The quantitative estimate of drug-likeness (QED) is 0.814. The molecule has 18 heavy (non-hydrogen) atoms. The van der Waals surface area contributed by atoms with Crippen molar-refractivity contribution in [2.75, 3.05) is 6.54 Å². The van der Waals surface area contributed by atoms with Crippen LogP contribution in [0.15, 0.2) is 48.7 Å². The summed E-state index contributed by atoms with van der Waals surface area (Å²) >= 11 is 5.97. The fraction of sp³-hybridized carbons (Fsp3) is 0.267. The predicted octanol–water partition coefficient (Wildman–Crippen LogP) is 3.76. The number of rotatable bonds is 5. The Morgan fingerprint density at radius 3 is 2.56 bits per heavy atom. The van der Waals surface area contributed by atoms with Gasteiger partial charge in [-0.15, -0.1) is 0 Å². The van der Waals surface area contributed by atoms with Crippen LogP contribution in [0.2, 0.25) is 5.02 Å². The van der Waals surface area contributed by atoms with Gasteiger partial charge in [-0.05, 0) is 24.2 Å². The molecule has 2 aromatic rings. The Hall–Kier alpha value is -1.38. The van der Waals surface area contributed by atoms with E-state index in [1.165, 1.54) is 5.56 Å². The molecule has 3 heteroatoms. The lowest BCUT2D eigenvalue weighted by atomic mass is 10.2. The lowest BCUT2D eigenvalue weighted by molar-refractivity contribution is 0.268. The number of hydrogen-bond donors (Lipinski definition) is 0. The molecule has 0 aliphatic rings. The second-order valence-corrected chi connectivity index (χ2v) is 4.69. The molecule has 0 aliphatic carbocycles. The van der Waals surface area contributed by atoms with Crippen molar-refractivity contribution < 1.29 is 0 Å². The Kier molecular flexibility index (Phi) is 4.73. The van der Waals surface area contributed by atoms with E-state index in [0.29, 0.717) is 0 Å². The van der Waals surface area contributed by atoms with E-state index in [1.807, 2.05) is 12.1 Å². The van der Waals surface area contributed by atoms with Crippen LogP contribution in [0.4, 0.5) is 0 Å². The van der Waals surface area contributed by atoms with Crippen LogP contribution in [-0.4, -0.2) is 16.4 Å². The number of halogens is 1. The molecule has 0 bridgehead atoms. The zero-order chi connectivity index (χ0) is 12.8. The molecular formula is C15H17ClN2. The first-order chi connectivity index (χ1) is 8.78. The van der Waals surface area contributed by atoms with Gasteiger partial charge in [0, 0.05) is 24.3 Å². The summed E-state index contributed by atoms with van der Waals surface area (Å²) in [6, 6.07) is 14.2. The van der Waals surface area contributed by atoms with Crippen LogP contribution in [0.25, 0.3) is 0 Å². The fourth-order valence-corrected chi connectivity index (χ4v) is 2.07. The van der Waals surface area contributed by atoms with Crippen molar-refractivity contribution in [2.24, 2.45) is 0 Å². The average molecular weight is 261 g/mol. The van der Waals surface area contributed by atoms with Gasteiger partial charge in [0.05, 0.1) is 5.69 Å². The molecule has 2 nitrogen and oxygen atoms in total. The summed E-state index contributed by atoms with van der Waals surface area (Å²) in [6.07, 6.45) is 1.76. The molecule has 0 aliphatic heterocycles. The summed E-state index contributed by atoms with van der Waals surface area (Å²) in [5.41, 5.74) is 2.33. The van der Waals surface area contributed by atoms with Crippen molar-refractivity contribution in [3.63, 3.8) is 0 Å². The summed E-state index contributed by atoms with van der Waals surface area (Å²) in [5.74, 6) is 0. The van der Waals surface area contributed by atoms with Crippen molar-refractivity contribution in [2.45, 2.75) is 20.0 Å². The number of pyridine rings is 1. The highest BCUT2D eigenvalue weighted by molar-refractivity contribution is 6.30. The highest BCUT2D eigenvalue weighted by atomic mass is 35.5. The van der Waals surface area contributed by atoms with Crippen LogP contribution >= 0.6 is 11.6 Å². The van der Waals surface area contributed by atoms with E-state index < -0.39 is 0 Å². The van der Waals surface area contributed by atoms with Crippen molar-refractivity contribution in [3.05, 3.63) is 64.9 Å². The van der Waals surface area contributed by atoms with E-state index in [0.717, 1.165) is 30.4 Å². The van der Waals surface area contributed by atoms with Gasteiger partial charge < -0.3 is 0 Å². The van der Waals surface area contributed by atoms with E-state index in [2.05, 4.69) is 41.1 Å². The maximum atomic E-state index is 5.97. The third-order valence-electron chi connectivity index (χ3n) is 2.86. The highest BCUT2D eigenvalue weighted by Gasteiger charge is 2.06. The molecule has 0 unspecified atom stereocenters. The molecule has 1 heterocycles. The highest BCUT2D eigenvalue weighted by Crippen LogP contribution is 2.12. The maximum absolute atomic E-state index is 5.97. The fourth-order valence-electron chi connectivity index (χ4n) is 1.89. The Balaban J connectivity index is 2.01. The number of benzene rings is 1. The molecule has 2 rings (SSSR count). The van der Waals surface area contributed by atoms with Gasteiger partial charge >= 0.3 is 0 Å². The SMILES string of the molecule is CCN(Cc1ccccc1)Cc1cc(Cl)ccn1. The largest absolute Gasteiger partial charge is 0.294 e. The second-order valence-electron chi connectivity index (χ2n) is 4.25. The van der Waals surface area contributed by atoms with Crippen LogP contribution in [0.5, 0.6) is 0 Å². The monoisotopic (exact) mass is 260 g/mol. The average Bonchev–Trinajstić information content (AvgIpc) is 2.39. The van der Waals surface area contributed by atoms with E-state index in [-0.39, 0.29) is 0 Å². The van der Waals surface area contributed by atoms with Gasteiger partial charge in [-0.25, -0.2) is 0 Å². The summed E-state index contributed by atoms with van der Waals surface area (Å²) in [6.45, 7) is 4.91. The molecule has 94 valence electrons. The molecule has 0 saturated heterocycles. The Labute approximate surface area is 113 Å². The minimum atomic E-state index is 0.746. The van der Waals surface area contributed by atoms with E-state index in [4.69, 9.17) is 11.6 Å². The molecule has 1 aromatic heterocycles. The zero-order valence-corrected chi connectivity index (χ0v) is 11.3. The lowest BCUT2D eigenvalue weighted by Gasteiger charge is -2.20. The summed E-state index contributed by atoms with van der Waals surface area (Å²) in [4.78, 5) is 6.68. The maximum Gasteiger partial charge on any atom is 0.0558 e. The molecule has 1 aromatic carbocycles. The molecule has 0 saturated carbocycles. The molecule has 0 fully saturated rings. The first-order valence-electron chi connectivity index (χ1n) is 6.14. The topological polar surface area (TPSA) is 16.1 Å². The second kappa shape index (κ2) is 6.53. The van der Waals surface area contributed by atoms with Gasteiger partial charge in [0.2, 0.25) is 0 Å². The minimum Gasteiger partial charge on any atom is -0.294 e. The Morgan fingerprint density at radius 1 is 1.11 bits per heavy atom. The van der Waals surface area contributed by atoms with Crippen LogP contribution in [0.3, 0.4) is 0 Å². The van der Waals surface area contributed by atoms with Gasteiger partial charge in [0.1, 0.15) is 0 Å². The molecule has 0 N–H and O–H groups in total. The van der Waals surface area contributed by atoms with Crippen LogP contribution in [0.1, 0.15) is 18.2 Å². The first kappa shape index (κ1) is 13.1. The van der Waals surface area contributed by atoms with E-state index >= 15 is 0 Å². The standard InChI is InChI=1S/C15H17ClN2/c1-2-18(11-13-6-4-3-5-7-13)12-15-10-14(16)8-9-17-15/h3-10H,2,11-12H2,1H3. The molecular weight excluding hydrogens is 244 g/mol. The van der Waals surface area contributed by atoms with Gasteiger partial charge in [-0.2, -0.15) is 0 Å². The molecule has 0 amide bonds. The number of nitrogens with zero attached hydrogens (tertiary/aromatic N) is 2. The van der Waals surface area contributed by atoms with Gasteiger partial charge in [0.15, 0.2) is 0 Å². The van der Waals surface area contributed by atoms with Crippen LogP contribution in [0, 0.1) is 0 Å². The summed E-state index contributed by atoms with van der Waals surface area (Å²) < 4.78 is 0. The molecule has 0 radical (unpaired) electrons. The lowest BCUT2D eigenvalue weighted by Crippen LogP contribution is -2.22. The van der Waals surface area contributed by atoms with Gasteiger partial charge in [-0.3, -0.25) is 9.88 Å². The third-order valence-corrected chi connectivity index (χ3v) is 3.10. The molecule has 0 spiro atoms. The van der Waals surface area contributed by atoms with Crippen LogP contribution < -0.4 is 0 Å². The van der Waals surface area contributed by atoms with E-state index in [9.17, 15) is 0 Å². The van der Waals surface area contributed by atoms with E-state index in [1.54, 1.807) is 12.3 Å². The predicted molar refractivity (Wildman–Crippen MR) is 75.5 cm³/mol. The number of aromatic nitrogens is 1. The summed E-state index contributed by atoms with van der Waals surface area (Å²) in [7, 11) is 0. The first-order valence-corrected chi connectivity index (χ1v) is 6.52. The summed E-state index contributed by atoms with van der Waals surface area (Å²) in [5, 5.41) is 0.746. The van der Waals surface area contributed by atoms with Gasteiger partial charge in [0.25, 0.3) is 0 Å². The Bertz CT molecular complexity index is 485. The number of hydrogen-bond acceptors (Lipinski definition) is 2. The third kappa shape index (κ3) is 3.83. The van der Waals surface area contributed by atoms with Crippen molar-refractivity contribution in [1.29, 1.82) is 0 Å². The minimum absolute atomic E-state index is 0.746.